The van der Waals surface area contributed by atoms with Crippen LogP contribution in [0.3, 0.4) is 0 Å². The predicted molar refractivity (Wildman–Crippen MR) is 91.3 cm³/mol. The smallest absolute Gasteiger partial charge is 0.338 e. The van der Waals surface area contributed by atoms with Crippen LogP contribution in [-0.4, -0.2) is 28.3 Å². The van der Waals surface area contributed by atoms with E-state index in [1.165, 1.54) is 18.5 Å². The van der Waals surface area contributed by atoms with Crippen LogP contribution in [0.25, 0.3) is 10.9 Å². The van der Waals surface area contributed by atoms with Crippen LogP contribution >= 0.6 is 11.6 Å². The number of hydrogen-bond acceptors (Lipinski definition) is 5. The first-order chi connectivity index (χ1) is 11.5. The number of nitrogens with zero attached hydrogens (tertiary/aromatic N) is 1. The van der Waals surface area contributed by atoms with Crippen molar-refractivity contribution in [2.75, 3.05) is 12.3 Å². The standard InChI is InChI=1S/C17H14ClN3O3/c1-2-24-17(23)11-7-10(18)8-12-13(11)14(19)15(21-12)16(22)9-3-5-20-6-4-9/h3-8,21H,2,19H2,1H3. The Morgan fingerprint density at radius 3 is 2.67 bits per heavy atom. The summed E-state index contributed by atoms with van der Waals surface area (Å²) >= 11 is 6.06. The zero-order chi connectivity index (χ0) is 17.3. The Balaban J connectivity index is 2.19. The molecule has 3 rings (SSSR count). The fraction of sp³-hybridized carbons (Fsp3) is 0.118. The third-order valence-electron chi connectivity index (χ3n) is 3.57. The number of nitrogens with one attached hydrogen (secondary N) is 1. The molecule has 3 N–H and O–H groups in total. The van der Waals surface area contributed by atoms with E-state index in [9.17, 15) is 9.59 Å². The number of carbonyl (C=O) groups excluding carboxylic acids is 2. The number of benzene rings is 1. The fourth-order valence-electron chi connectivity index (χ4n) is 2.52. The molecule has 6 nitrogen and oxygen atoms in total. The molecule has 0 fully saturated rings. The molecule has 0 unspecified atom stereocenters. The number of aromatic nitrogens is 2. The summed E-state index contributed by atoms with van der Waals surface area (Å²) in [5.41, 5.74) is 7.69. The summed E-state index contributed by atoms with van der Waals surface area (Å²) < 4.78 is 5.04. The molecule has 0 saturated heterocycles. The van der Waals surface area contributed by atoms with E-state index < -0.39 is 5.97 Å². The molecule has 0 aliphatic heterocycles. The quantitative estimate of drug-likeness (QED) is 0.560. The average molecular weight is 344 g/mol. The summed E-state index contributed by atoms with van der Waals surface area (Å²) in [6.45, 7) is 1.93. The Morgan fingerprint density at radius 1 is 1.29 bits per heavy atom. The molecule has 0 atom stereocenters. The largest absolute Gasteiger partial charge is 0.462 e. The minimum Gasteiger partial charge on any atom is -0.462 e. The number of rotatable bonds is 4. The molecule has 2 aromatic heterocycles. The lowest BCUT2D eigenvalue weighted by atomic mass is 10.1. The maximum Gasteiger partial charge on any atom is 0.338 e. The number of anilines is 1. The lowest BCUT2D eigenvalue weighted by Crippen LogP contribution is -2.07. The maximum absolute atomic E-state index is 12.6. The maximum atomic E-state index is 12.6. The molecule has 0 saturated carbocycles. The Labute approximate surface area is 142 Å². The van der Waals surface area contributed by atoms with Gasteiger partial charge in [-0.3, -0.25) is 9.78 Å². The third kappa shape index (κ3) is 2.72. The first-order valence-corrected chi connectivity index (χ1v) is 7.63. The molecule has 122 valence electrons. The molecule has 0 aliphatic carbocycles. The summed E-state index contributed by atoms with van der Waals surface area (Å²) in [6, 6.07) is 6.27. The van der Waals surface area contributed by atoms with Crippen molar-refractivity contribution in [2.24, 2.45) is 0 Å². The van der Waals surface area contributed by atoms with Crippen molar-refractivity contribution in [3.63, 3.8) is 0 Å². The molecule has 0 spiro atoms. The molecular formula is C17H14ClN3O3. The number of ether oxygens (including phenoxy) is 1. The van der Waals surface area contributed by atoms with Gasteiger partial charge in [0.2, 0.25) is 5.78 Å². The van der Waals surface area contributed by atoms with Crippen LogP contribution in [0, 0.1) is 0 Å². The fourth-order valence-corrected chi connectivity index (χ4v) is 2.74. The minimum atomic E-state index is -0.543. The number of halogens is 1. The van der Waals surface area contributed by atoms with E-state index in [1.54, 1.807) is 25.1 Å². The number of nitrogens with two attached hydrogens (primary N) is 1. The highest BCUT2D eigenvalue weighted by Gasteiger charge is 2.22. The molecule has 0 amide bonds. The lowest BCUT2D eigenvalue weighted by molar-refractivity contribution is 0.0528. The zero-order valence-electron chi connectivity index (χ0n) is 12.8. The minimum absolute atomic E-state index is 0.187. The van der Waals surface area contributed by atoms with Crippen molar-refractivity contribution in [3.8, 4) is 0 Å². The van der Waals surface area contributed by atoms with Crippen LogP contribution in [0.4, 0.5) is 5.69 Å². The highest BCUT2D eigenvalue weighted by molar-refractivity contribution is 6.32. The van der Waals surface area contributed by atoms with E-state index in [0.717, 1.165) is 0 Å². The number of carbonyl (C=O) groups is 2. The Bertz CT molecular complexity index is 935. The number of pyridine rings is 1. The van der Waals surface area contributed by atoms with E-state index in [0.29, 0.717) is 21.5 Å². The molecule has 1 aromatic carbocycles. The molecule has 3 aromatic rings. The molecule has 24 heavy (non-hydrogen) atoms. The molecule has 7 heteroatoms. The van der Waals surface area contributed by atoms with Gasteiger partial charge in [0.25, 0.3) is 0 Å². The first-order valence-electron chi connectivity index (χ1n) is 7.25. The van der Waals surface area contributed by atoms with E-state index >= 15 is 0 Å². The number of esters is 1. The molecule has 0 bridgehead atoms. The van der Waals surface area contributed by atoms with Crippen LogP contribution in [0.2, 0.25) is 5.02 Å². The van der Waals surface area contributed by atoms with E-state index in [-0.39, 0.29) is 29.3 Å². The normalized spacial score (nSPS) is 10.8. The molecule has 2 heterocycles. The van der Waals surface area contributed by atoms with Gasteiger partial charge in [0, 0.05) is 28.4 Å². The van der Waals surface area contributed by atoms with Crippen LogP contribution in [0.15, 0.2) is 36.7 Å². The van der Waals surface area contributed by atoms with Crippen molar-refractivity contribution in [3.05, 3.63) is 58.5 Å². The van der Waals surface area contributed by atoms with Crippen molar-refractivity contribution in [1.82, 2.24) is 9.97 Å². The van der Waals surface area contributed by atoms with Crippen LogP contribution in [0.1, 0.15) is 33.3 Å². The molecular weight excluding hydrogens is 330 g/mol. The summed E-state index contributed by atoms with van der Waals surface area (Å²) in [5, 5.41) is 0.768. The van der Waals surface area contributed by atoms with Gasteiger partial charge in [0.1, 0.15) is 5.69 Å². The Morgan fingerprint density at radius 2 is 2.00 bits per heavy atom. The first kappa shape index (κ1) is 16.0. The van der Waals surface area contributed by atoms with Gasteiger partial charge in [0.05, 0.1) is 23.4 Å². The summed E-state index contributed by atoms with van der Waals surface area (Å²) in [6.07, 6.45) is 3.04. The monoisotopic (exact) mass is 343 g/mol. The average Bonchev–Trinajstić information content (AvgIpc) is 2.91. The number of nitrogen functional groups attached to an aromatic ring is 1. The molecule has 0 aliphatic rings. The van der Waals surface area contributed by atoms with Gasteiger partial charge in [-0.1, -0.05) is 11.6 Å². The van der Waals surface area contributed by atoms with Crippen LogP contribution in [-0.2, 0) is 4.74 Å². The van der Waals surface area contributed by atoms with Crippen LogP contribution in [0.5, 0.6) is 0 Å². The summed E-state index contributed by atoms with van der Waals surface area (Å²) in [5.74, 6) is -0.837. The second kappa shape index (κ2) is 6.33. The van der Waals surface area contributed by atoms with Gasteiger partial charge < -0.3 is 15.5 Å². The number of hydrogen-bond donors (Lipinski definition) is 2. The third-order valence-corrected chi connectivity index (χ3v) is 3.78. The summed E-state index contributed by atoms with van der Waals surface area (Å²) in [4.78, 5) is 31.6. The number of H-pyrrole nitrogens is 1. The van der Waals surface area contributed by atoms with Gasteiger partial charge in [0.15, 0.2) is 0 Å². The lowest BCUT2D eigenvalue weighted by Gasteiger charge is -2.05. The predicted octanol–water partition coefficient (Wildman–Crippen LogP) is 3.21. The van der Waals surface area contributed by atoms with E-state index in [4.69, 9.17) is 22.1 Å². The van der Waals surface area contributed by atoms with E-state index in [1.807, 2.05) is 0 Å². The SMILES string of the molecule is CCOC(=O)c1cc(Cl)cc2[nH]c(C(=O)c3ccncc3)c(N)c12. The second-order valence-corrected chi connectivity index (χ2v) is 5.51. The number of ketones is 1. The van der Waals surface area contributed by atoms with E-state index in [2.05, 4.69) is 9.97 Å². The van der Waals surface area contributed by atoms with Crippen molar-refractivity contribution in [1.29, 1.82) is 0 Å². The second-order valence-electron chi connectivity index (χ2n) is 5.08. The Kier molecular flexibility index (Phi) is 4.22. The highest BCUT2D eigenvalue weighted by atomic mass is 35.5. The van der Waals surface area contributed by atoms with Gasteiger partial charge >= 0.3 is 5.97 Å². The van der Waals surface area contributed by atoms with Crippen molar-refractivity contribution < 1.29 is 14.3 Å². The topological polar surface area (TPSA) is 98.1 Å². The number of fused-ring (bicyclic) bond motifs is 1. The Hall–Kier alpha value is -2.86. The van der Waals surface area contributed by atoms with Crippen molar-refractivity contribution in [2.45, 2.75) is 6.92 Å². The molecule has 0 radical (unpaired) electrons. The van der Waals surface area contributed by atoms with Crippen molar-refractivity contribution >= 4 is 39.9 Å². The van der Waals surface area contributed by atoms with Gasteiger partial charge in [-0.15, -0.1) is 0 Å². The highest BCUT2D eigenvalue weighted by Crippen LogP contribution is 2.32. The van der Waals surface area contributed by atoms with Gasteiger partial charge in [-0.25, -0.2) is 4.79 Å². The summed E-state index contributed by atoms with van der Waals surface area (Å²) in [7, 11) is 0. The van der Waals surface area contributed by atoms with Crippen LogP contribution < -0.4 is 5.73 Å². The van der Waals surface area contributed by atoms with Gasteiger partial charge in [-0.05, 0) is 31.2 Å². The van der Waals surface area contributed by atoms with Gasteiger partial charge in [-0.2, -0.15) is 0 Å². The zero-order valence-corrected chi connectivity index (χ0v) is 13.6. The number of aromatic amines is 1.